The highest BCUT2D eigenvalue weighted by Crippen LogP contribution is 2.26. The average Bonchev–Trinajstić information content (AvgIpc) is 2.97. The number of hydrogen-bond donors (Lipinski definition) is 1. The number of benzene rings is 2. The Morgan fingerprint density at radius 3 is 1.96 bits per heavy atom. The average molecular weight is 414 g/mol. The third-order valence-electron chi connectivity index (χ3n) is 4.16. The third kappa shape index (κ3) is 5.59. The van der Waals surface area contributed by atoms with Gasteiger partial charge in [0, 0.05) is 0 Å². The highest BCUT2D eigenvalue weighted by atomic mass is 32.2. The van der Waals surface area contributed by atoms with Crippen LogP contribution in [-0.4, -0.2) is 23.4 Å². The molecule has 1 aliphatic rings. The predicted octanol–water partition coefficient (Wildman–Crippen LogP) is 4.93. The molecule has 6 heteroatoms. The van der Waals surface area contributed by atoms with Crippen LogP contribution in [0.4, 0.5) is 0 Å². The van der Waals surface area contributed by atoms with Crippen LogP contribution in [0.5, 0.6) is 11.5 Å². The fourth-order valence-electron chi connectivity index (χ4n) is 2.60. The number of nitrogens with one attached hydrogen (secondary N) is 1. The minimum Gasteiger partial charge on any atom is -0.490 e. The summed E-state index contributed by atoms with van der Waals surface area (Å²) >= 11 is 6.26. The maximum absolute atomic E-state index is 11.7. The van der Waals surface area contributed by atoms with Crippen LogP contribution < -0.4 is 14.8 Å². The zero-order valence-electron chi connectivity index (χ0n) is 16.2. The van der Waals surface area contributed by atoms with Gasteiger partial charge in [-0.05, 0) is 46.9 Å². The second kappa shape index (κ2) is 8.80. The number of thiocarbonyl (C=S) groups is 1. The van der Waals surface area contributed by atoms with Gasteiger partial charge in [-0.3, -0.25) is 4.79 Å². The number of carbonyl (C=O) groups excluding carboxylic acids is 1. The summed E-state index contributed by atoms with van der Waals surface area (Å²) in [4.78, 5) is 12.3. The molecule has 28 heavy (non-hydrogen) atoms. The van der Waals surface area contributed by atoms with Crippen LogP contribution in [0.1, 0.15) is 31.9 Å². The summed E-state index contributed by atoms with van der Waals surface area (Å²) in [5.74, 6) is 1.44. The molecule has 2 aromatic rings. The van der Waals surface area contributed by atoms with Crippen molar-refractivity contribution in [1.82, 2.24) is 5.32 Å². The van der Waals surface area contributed by atoms with Gasteiger partial charge in [0.1, 0.15) is 29.0 Å². The predicted molar refractivity (Wildman–Crippen MR) is 119 cm³/mol. The van der Waals surface area contributed by atoms with Crippen LogP contribution in [0.25, 0.3) is 6.08 Å². The Morgan fingerprint density at radius 1 is 0.964 bits per heavy atom. The minimum atomic E-state index is -0.150. The van der Waals surface area contributed by atoms with Crippen LogP contribution in [0.2, 0.25) is 0 Å². The van der Waals surface area contributed by atoms with Crippen LogP contribution in [0, 0.1) is 0 Å². The Labute approximate surface area is 175 Å². The molecule has 0 unspecified atom stereocenters. The van der Waals surface area contributed by atoms with E-state index in [0.29, 0.717) is 22.4 Å². The van der Waals surface area contributed by atoms with Crippen LogP contribution in [-0.2, 0) is 10.2 Å². The van der Waals surface area contributed by atoms with Gasteiger partial charge in [0.2, 0.25) is 0 Å². The van der Waals surface area contributed by atoms with E-state index in [1.165, 1.54) is 17.3 Å². The summed E-state index contributed by atoms with van der Waals surface area (Å²) in [6, 6.07) is 15.7. The molecule has 0 atom stereocenters. The van der Waals surface area contributed by atoms with Crippen LogP contribution in [0.3, 0.4) is 0 Å². The number of amides is 1. The second-order valence-corrected chi connectivity index (χ2v) is 9.11. The van der Waals surface area contributed by atoms with Gasteiger partial charge in [-0.25, -0.2) is 0 Å². The number of hydrogen-bond acceptors (Lipinski definition) is 5. The Bertz CT molecular complexity index is 881. The smallest absolute Gasteiger partial charge is 0.263 e. The standard InChI is InChI=1S/C22H23NO3S2/c1-22(2,3)16-6-10-18(11-7-16)26-13-12-25-17-8-4-15(5-9-17)14-19-20(24)23-21(27)28-19/h4-11,14H,12-13H2,1-3H3,(H,23,24,27)/b19-14-. The van der Waals surface area contributed by atoms with E-state index < -0.39 is 0 Å². The third-order valence-corrected chi connectivity index (χ3v) is 5.32. The summed E-state index contributed by atoms with van der Waals surface area (Å²) in [5, 5.41) is 2.61. The van der Waals surface area contributed by atoms with Gasteiger partial charge in [-0.15, -0.1) is 0 Å². The number of rotatable bonds is 6. The molecule has 1 aliphatic heterocycles. The number of ether oxygens (including phenoxy) is 2. The Morgan fingerprint density at radius 2 is 1.50 bits per heavy atom. The summed E-state index contributed by atoms with van der Waals surface area (Å²) in [6.07, 6.45) is 1.81. The summed E-state index contributed by atoms with van der Waals surface area (Å²) in [5.41, 5.74) is 2.34. The quantitative estimate of drug-likeness (QED) is 0.413. The lowest BCUT2D eigenvalue weighted by Gasteiger charge is -2.19. The van der Waals surface area contributed by atoms with E-state index in [2.05, 4.69) is 38.2 Å². The molecule has 0 aromatic heterocycles. The first-order valence-electron chi connectivity index (χ1n) is 9.02. The molecule has 4 nitrogen and oxygen atoms in total. The zero-order valence-corrected chi connectivity index (χ0v) is 17.8. The molecule has 0 radical (unpaired) electrons. The van der Waals surface area contributed by atoms with E-state index in [0.717, 1.165) is 17.1 Å². The van der Waals surface area contributed by atoms with Gasteiger partial charge in [0.05, 0.1) is 4.91 Å². The molecule has 1 fully saturated rings. The Balaban J connectivity index is 1.46. The lowest BCUT2D eigenvalue weighted by atomic mass is 9.87. The van der Waals surface area contributed by atoms with E-state index in [9.17, 15) is 4.79 Å². The van der Waals surface area contributed by atoms with Crippen molar-refractivity contribution in [3.8, 4) is 11.5 Å². The molecule has 146 valence electrons. The van der Waals surface area contributed by atoms with Crippen molar-refractivity contribution >= 4 is 40.3 Å². The van der Waals surface area contributed by atoms with Crippen molar-refractivity contribution < 1.29 is 14.3 Å². The van der Waals surface area contributed by atoms with Crippen LogP contribution >= 0.6 is 24.0 Å². The molecule has 1 heterocycles. The number of thioether (sulfide) groups is 1. The van der Waals surface area contributed by atoms with Crippen molar-refractivity contribution in [2.24, 2.45) is 0 Å². The van der Waals surface area contributed by atoms with E-state index in [1.807, 2.05) is 42.5 Å². The first-order chi connectivity index (χ1) is 13.3. The minimum absolute atomic E-state index is 0.135. The summed E-state index contributed by atoms with van der Waals surface area (Å²) < 4.78 is 11.9. The molecule has 1 amide bonds. The van der Waals surface area contributed by atoms with Crippen molar-refractivity contribution in [3.63, 3.8) is 0 Å². The van der Waals surface area contributed by atoms with E-state index in [-0.39, 0.29) is 11.3 Å². The highest BCUT2D eigenvalue weighted by molar-refractivity contribution is 8.26. The van der Waals surface area contributed by atoms with Crippen molar-refractivity contribution in [3.05, 3.63) is 64.6 Å². The van der Waals surface area contributed by atoms with E-state index >= 15 is 0 Å². The maximum atomic E-state index is 11.7. The molecule has 3 rings (SSSR count). The fraction of sp³-hybridized carbons (Fsp3) is 0.273. The van der Waals surface area contributed by atoms with E-state index in [4.69, 9.17) is 21.7 Å². The van der Waals surface area contributed by atoms with Crippen LogP contribution in [0.15, 0.2) is 53.4 Å². The SMILES string of the molecule is CC(C)(C)c1ccc(OCCOc2ccc(/C=C3\SC(=S)NC3=O)cc2)cc1. The number of carbonyl (C=O) groups is 1. The van der Waals surface area contributed by atoms with Crippen molar-refractivity contribution in [1.29, 1.82) is 0 Å². The molecule has 1 N–H and O–H groups in total. The molecule has 0 spiro atoms. The van der Waals surface area contributed by atoms with E-state index in [1.54, 1.807) is 0 Å². The molecule has 0 aliphatic carbocycles. The molecule has 0 saturated carbocycles. The van der Waals surface area contributed by atoms with Gasteiger partial charge in [-0.1, -0.05) is 69.0 Å². The van der Waals surface area contributed by atoms with Gasteiger partial charge in [-0.2, -0.15) is 0 Å². The van der Waals surface area contributed by atoms with Gasteiger partial charge < -0.3 is 14.8 Å². The maximum Gasteiger partial charge on any atom is 0.263 e. The Kier molecular flexibility index (Phi) is 6.42. The molecular weight excluding hydrogens is 390 g/mol. The second-order valence-electron chi connectivity index (χ2n) is 7.39. The monoisotopic (exact) mass is 413 g/mol. The molecule has 0 bridgehead atoms. The summed E-state index contributed by atoms with van der Waals surface area (Å²) in [6.45, 7) is 7.49. The lowest BCUT2D eigenvalue weighted by molar-refractivity contribution is -0.115. The topological polar surface area (TPSA) is 47.6 Å². The van der Waals surface area contributed by atoms with Gasteiger partial charge in [0.25, 0.3) is 5.91 Å². The fourth-order valence-corrected chi connectivity index (χ4v) is 3.65. The first-order valence-corrected chi connectivity index (χ1v) is 10.2. The van der Waals surface area contributed by atoms with Crippen molar-refractivity contribution in [2.75, 3.05) is 13.2 Å². The lowest BCUT2D eigenvalue weighted by Crippen LogP contribution is -2.17. The normalized spacial score (nSPS) is 15.6. The summed E-state index contributed by atoms with van der Waals surface area (Å²) in [7, 11) is 0. The molecular formula is C22H23NO3S2. The van der Waals surface area contributed by atoms with Gasteiger partial charge in [0.15, 0.2) is 0 Å². The first kappa shape index (κ1) is 20.4. The zero-order chi connectivity index (χ0) is 20.1. The van der Waals surface area contributed by atoms with Gasteiger partial charge >= 0.3 is 0 Å². The molecule has 2 aromatic carbocycles. The largest absolute Gasteiger partial charge is 0.490 e. The highest BCUT2D eigenvalue weighted by Gasteiger charge is 2.21. The van der Waals surface area contributed by atoms with Crippen molar-refractivity contribution in [2.45, 2.75) is 26.2 Å². The molecule has 1 saturated heterocycles. The Hall–Kier alpha value is -2.31.